The number of carbonyl (C=O) groups is 1. The largest absolute Gasteiger partial charge is 0.337 e. The molecule has 0 aliphatic carbocycles. The van der Waals surface area contributed by atoms with E-state index in [9.17, 15) is 4.79 Å². The third-order valence-electron chi connectivity index (χ3n) is 7.43. The second kappa shape index (κ2) is 6.81. The maximum atomic E-state index is 13.3. The Morgan fingerprint density at radius 2 is 1.73 bits per heavy atom. The van der Waals surface area contributed by atoms with Crippen molar-refractivity contribution >= 4 is 21.8 Å². The Morgan fingerprint density at radius 1 is 1.03 bits per heavy atom. The minimum atomic E-state index is -0.405. The molecule has 2 fully saturated rings. The highest BCUT2D eigenvalue weighted by Gasteiger charge is 2.47. The molecule has 2 aromatic carbocycles. The van der Waals surface area contributed by atoms with E-state index in [1.807, 2.05) is 6.20 Å². The molecular formula is C25H24BrN3O. The summed E-state index contributed by atoms with van der Waals surface area (Å²) in [6.07, 6.45) is 9.97. The van der Waals surface area contributed by atoms with Crippen LogP contribution < -0.4 is 0 Å². The summed E-state index contributed by atoms with van der Waals surface area (Å²) >= 11 is 3.57. The average Bonchev–Trinajstić information content (AvgIpc) is 3.54. The molecule has 0 spiro atoms. The molecule has 1 unspecified atom stereocenters. The summed E-state index contributed by atoms with van der Waals surface area (Å²) < 4.78 is 3.34. The molecule has 6 rings (SSSR count). The van der Waals surface area contributed by atoms with Gasteiger partial charge in [-0.2, -0.15) is 0 Å². The van der Waals surface area contributed by atoms with Gasteiger partial charge in [-0.25, -0.2) is 4.98 Å². The quantitative estimate of drug-likeness (QED) is 0.524. The molecule has 0 radical (unpaired) electrons. The van der Waals surface area contributed by atoms with Crippen molar-refractivity contribution in [2.45, 2.75) is 56.1 Å². The van der Waals surface area contributed by atoms with Crippen LogP contribution in [0.1, 0.15) is 49.7 Å². The maximum absolute atomic E-state index is 13.3. The van der Waals surface area contributed by atoms with Crippen molar-refractivity contribution < 1.29 is 4.79 Å². The predicted molar refractivity (Wildman–Crippen MR) is 120 cm³/mol. The average molecular weight is 462 g/mol. The Morgan fingerprint density at radius 3 is 2.47 bits per heavy atom. The van der Waals surface area contributed by atoms with E-state index in [1.165, 1.54) is 42.4 Å². The first-order valence-electron chi connectivity index (χ1n) is 10.9. The van der Waals surface area contributed by atoms with Gasteiger partial charge in [-0.1, -0.05) is 52.3 Å². The van der Waals surface area contributed by atoms with Crippen LogP contribution in [-0.2, 0) is 10.3 Å². The molecule has 3 aromatic rings. The smallest absolute Gasteiger partial charge is 0.223 e. The zero-order valence-corrected chi connectivity index (χ0v) is 18.4. The van der Waals surface area contributed by atoms with Gasteiger partial charge in [-0.15, -0.1) is 0 Å². The maximum Gasteiger partial charge on any atom is 0.223 e. The number of hydrogen-bond acceptors (Lipinski definition) is 2. The molecule has 0 N–H and O–H groups in total. The van der Waals surface area contributed by atoms with Gasteiger partial charge in [-0.05, 0) is 55.4 Å². The van der Waals surface area contributed by atoms with Gasteiger partial charge in [0.2, 0.25) is 5.91 Å². The van der Waals surface area contributed by atoms with Gasteiger partial charge in [0.1, 0.15) is 5.82 Å². The number of carbonyl (C=O) groups excluding carboxylic acids is 1. The first kappa shape index (κ1) is 18.4. The van der Waals surface area contributed by atoms with Crippen molar-refractivity contribution in [3.05, 3.63) is 76.5 Å². The fourth-order valence-electron chi connectivity index (χ4n) is 6.14. The topological polar surface area (TPSA) is 38.1 Å². The van der Waals surface area contributed by atoms with E-state index in [1.54, 1.807) is 0 Å². The van der Waals surface area contributed by atoms with Crippen molar-refractivity contribution in [1.29, 1.82) is 0 Å². The lowest BCUT2D eigenvalue weighted by Crippen LogP contribution is -2.38. The molecule has 0 saturated carbocycles. The van der Waals surface area contributed by atoms with Crippen molar-refractivity contribution in [3.63, 3.8) is 0 Å². The van der Waals surface area contributed by atoms with Gasteiger partial charge in [0, 0.05) is 40.9 Å². The minimum Gasteiger partial charge on any atom is -0.337 e. The number of rotatable bonds is 4. The lowest BCUT2D eigenvalue weighted by Gasteiger charge is -2.34. The third-order valence-corrected chi connectivity index (χ3v) is 7.96. The summed E-state index contributed by atoms with van der Waals surface area (Å²) in [4.78, 5) is 20.2. The van der Waals surface area contributed by atoms with Crippen LogP contribution in [-0.4, -0.2) is 32.4 Å². The molecule has 1 aromatic heterocycles. The number of aromatic nitrogens is 2. The SMILES string of the molecule is O=C(CCC1(c2ccc(Br)cc2)c2ccccc2-c2nccn21)N1C2CCC1CC2. The summed E-state index contributed by atoms with van der Waals surface area (Å²) in [5.74, 6) is 1.31. The van der Waals surface area contributed by atoms with Gasteiger partial charge in [0.05, 0.1) is 5.54 Å². The molecule has 30 heavy (non-hydrogen) atoms. The molecule has 2 saturated heterocycles. The monoisotopic (exact) mass is 461 g/mol. The number of amides is 1. The summed E-state index contributed by atoms with van der Waals surface area (Å²) in [6.45, 7) is 0. The Bertz CT molecular complexity index is 1100. The Labute approximate surface area is 185 Å². The van der Waals surface area contributed by atoms with Crippen LogP contribution in [0.4, 0.5) is 0 Å². The Kier molecular flexibility index (Phi) is 4.17. The molecule has 2 bridgehead atoms. The van der Waals surface area contributed by atoms with E-state index in [4.69, 9.17) is 0 Å². The van der Waals surface area contributed by atoms with Gasteiger partial charge in [0.15, 0.2) is 0 Å². The van der Waals surface area contributed by atoms with E-state index >= 15 is 0 Å². The van der Waals surface area contributed by atoms with E-state index in [0.717, 1.165) is 16.7 Å². The van der Waals surface area contributed by atoms with Crippen LogP contribution in [0.3, 0.4) is 0 Å². The highest BCUT2D eigenvalue weighted by molar-refractivity contribution is 9.10. The zero-order valence-electron chi connectivity index (χ0n) is 16.8. The second-order valence-corrected chi connectivity index (χ2v) is 9.71. The van der Waals surface area contributed by atoms with Crippen LogP contribution in [0.25, 0.3) is 11.4 Å². The molecule has 4 heterocycles. The van der Waals surface area contributed by atoms with Crippen molar-refractivity contribution in [2.75, 3.05) is 0 Å². The van der Waals surface area contributed by atoms with E-state index in [-0.39, 0.29) is 0 Å². The molecular weight excluding hydrogens is 438 g/mol. The normalized spacial score (nSPS) is 26.1. The molecule has 152 valence electrons. The first-order chi connectivity index (χ1) is 14.7. The Balaban J connectivity index is 1.44. The van der Waals surface area contributed by atoms with Crippen LogP contribution >= 0.6 is 15.9 Å². The number of benzene rings is 2. The first-order valence-corrected chi connectivity index (χ1v) is 11.7. The number of halogens is 1. The lowest BCUT2D eigenvalue weighted by atomic mass is 9.79. The molecule has 1 atom stereocenters. The highest BCUT2D eigenvalue weighted by atomic mass is 79.9. The van der Waals surface area contributed by atoms with Crippen LogP contribution in [0.2, 0.25) is 0 Å². The van der Waals surface area contributed by atoms with Crippen molar-refractivity contribution in [2.24, 2.45) is 0 Å². The second-order valence-electron chi connectivity index (χ2n) is 8.80. The van der Waals surface area contributed by atoms with Gasteiger partial charge in [-0.3, -0.25) is 4.79 Å². The van der Waals surface area contributed by atoms with E-state index < -0.39 is 5.54 Å². The number of nitrogens with zero attached hydrogens (tertiary/aromatic N) is 3. The molecule has 1 amide bonds. The van der Waals surface area contributed by atoms with Gasteiger partial charge >= 0.3 is 0 Å². The zero-order chi connectivity index (χ0) is 20.3. The highest BCUT2D eigenvalue weighted by Crippen LogP contribution is 2.50. The van der Waals surface area contributed by atoms with Crippen molar-refractivity contribution in [3.8, 4) is 11.4 Å². The minimum absolute atomic E-state index is 0.322. The molecule has 4 nitrogen and oxygen atoms in total. The van der Waals surface area contributed by atoms with Crippen LogP contribution in [0.15, 0.2) is 65.4 Å². The summed E-state index contributed by atoms with van der Waals surface area (Å²) in [6, 6.07) is 18.0. The standard InChI is InChI=1S/C25H24BrN3O/c26-18-7-5-17(6-8-18)25(14-13-23(30)29-19-9-10-20(29)12-11-19)22-4-2-1-3-21(22)24-27-15-16-28(24)25/h1-8,15-16,19-20H,9-14H2. The van der Waals surface area contributed by atoms with Crippen LogP contribution in [0, 0.1) is 0 Å². The third kappa shape index (κ3) is 2.51. The van der Waals surface area contributed by atoms with Crippen molar-refractivity contribution in [1.82, 2.24) is 14.5 Å². The van der Waals surface area contributed by atoms with E-state index in [2.05, 4.69) is 85.1 Å². The molecule has 3 aliphatic rings. The van der Waals surface area contributed by atoms with Gasteiger partial charge < -0.3 is 9.47 Å². The fraction of sp³-hybridized carbons (Fsp3) is 0.360. The summed E-state index contributed by atoms with van der Waals surface area (Å²) in [5, 5.41) is 0. The summed E-state index contributed by atoms with van der Waals surface area (Å²) in [5.41, 5.74) is 3.20. The number of imidazole rings is 1. The van der Waals surface area contributed by atoms with Gasteiger partial charge in [0.25, 0.3) is 0 Å². The number of fused-ring (bicyclic) bond motifs is 5. The molecule has 5 heteroatoms. The fourth-order valence-corrected chi connectivity index (χ4v) is 6.40. The van der Waals surface area contributed by atoms with E-state index in [0.29, 0.717) is 24.4 Å². The van der Waals surface area contributed by atoms with Crippen LogP contribution in [0.5, 0.6) is 0 Å². The lowest BCUT2D eigenvalue weighted by molar-refractivity contribution is -0.132. The summed E-state index contributed by atoms with van der Waals surface area (Å²) in [7, 11) is 0. The predicted octanol–water partition coefficient (Wildman–Crippen LogP) is 5.35. The number of hydrogen-bond donors (Lipinski definition) is 0. The molecule has 3 aliphatic heterocycles. The Hall–Kier alpha value is -2.40.